The van der Waals surface area contributed by atoms with E-state index in [1.807, 2.05) is 13.0 Å². The molecule has 1 aromatic carbocycles. The van der Waals surface area contributed by atoms with Crippen LogP contribution in [0, 0.1) is 40.4 Å². The molecule has 230 valence electrons. The molecule has 6 atom stereocenters. The van der Waals surface area contributed by atoms with Crippen molar-refractivity contribution in [3.8, 4) is 11.8 Å². The van der Waals surface area contributed by atoms with Crippen LogP contribution in [-0.4, -0.2) is 44.5 Å². The van der Waals surface area contributed by atoms with Crippen LogP contribution in [0.15, 0.2) is 47.1 Å². The number of methoxy groups -OCH3 is 1. The summed E-state index contributed by atoms with van der Waals surface area (Å²) >= 11 is 0. The van der Waals surface area contributed by atoms with Crippen molar-refractivity contribution in [3.05, 3.63) is 52.6 Å². The standard InChI is InChI=1S/C36H42F3NO3/c1-23-19-29-31-13-14-35(32(42)22-43-3,15-16-36(37,38)39)34(31,2)21-30(33(29)27-12-11-26(41)20-28(23)27)24-7-9-25(10-8-24)40-17-5-4-6-18-40/h7-10,20,23,29-31H,4-6,11-14,17-19,21-22H2,1-3H3/t23?,29-,30?,31-,34-,35-/m0/s1. The Bertz CT molecular complexity index is 1410. The van der Waals surface area contributed by atoms with Gasteiger partial charge in [-0.3, -0.25) is 9.59 Å². The van der Waals surface area contributed by atoms with E-state index in [1.165, 1.54) is 43.2 Å². The number of anilines is 1. The monoisotopic (exact) mass is 593 g/mol. The Hall–Kier alpha value is -2.85. The fourth-order valence-electron chi connectivity index (χ4n) is 9.51. The second-order valence-corrected chi connectivity index (χ2v) is 13.7. The van der Waals surface area contributed by atoms with E-state index < -0.39 is 17.0 Å². The molecule has 1 aromatic rings. The lowest BCUT2D eigenvalue weighted by Gasteiger charge is -2.55. The highest BCUT2D eigenvalue weighted by atomic mass is 19.4. The molecule has 43 heavy (non-hydrogen) atoms. The first-order chi connectivity index (χ1) is 20.5. The molecular formula is C36H42F3NO3. The van der Waals surface area contributed by atoms with Gasteiger partial charge in [-0.1, -0.05) is 37.5 Å². The number of benzene rings is 1. The maximum Gasteiger partial charge on any atom is 0.457 e. The van der Waals surface area contributed by atoms with Crippen molar-refractivity contribution in [2.45, 2.75) is 83.7 Å². The number of rotatable bonds is 5. The number of hydrogen-bond donors (Lipinski definition) is 0. The van der Waals surface area contributed by atoms with E-state index in [-0.39, 0.29) is 41.8 Å². The van der Waals surface area contributed by atoms with Crippen LogP contribution in [0.1, 0.15) is 83.1 Å². The summed E-state index contributed by atoms with van der Waals surface area (Å²) in [4.78, 5) is 28.8. The smallest absolute Gasteiger partial charge is 0.377 e. The lowest BCUT2D eigenvalue weighted by atomic mass is 9.47. The zero-order chi connectivity index (χ0) is 30.6. The normalized spacial score (nSPS) is 34.0. The molecule has 1 aliphatic heterocycles. The van der Waals surface area contributed by atoms with Crippen molar-refractivity contribution in [1.29, 1.82) is 0 Å². The number of allylic oxidation sites excluding steroid dienone is 4. The van der Waals surface area contributed by atoms with Gasteiger partial charge >= 0.3 is 6.18 Å². The number of carbonyl (C=O) groups is 2. The van der Waals surface area contributed by atoms with Gasteiger partial charge in [-0.15, -0.1) is 0 Å². The van der Waals surface area contributed by atoms with Gasteiger partial charge in [-0.25, -0.2) is 0 Å². The zero-order valence-electron chi connectivity index (χ0n) is 25.5. The van der Waals surface area contributed by atoms with Crippen LogP contribution in [0.2, 0.25) is 0 Å². The Balaban J connectivity index is 1.50. The summed E-state index contributed by atoms with van der Waals surface area (Å²) in [6.07, 6.45) is 4.27. The predicted molar refractivity (Wildman–Crippen MR) is 160 cm³/mol. The number of ether oxygens (including phenoxy) is 1. The largest absolute Gasteiger partial charge is 0.457 e. The van der Waals surface area contributed by atoms with Crippen molar-refractivity contribution in [3.63, 3.8) is 0 Å². The molecule has 0 radical (unpaired) electrons. The van der Waals surface area contributed by atoms with E-state index in [0.29, 0.717) is 32.1 Å². The minimum Gasteiger partial charge on any atom is -0.377 e. The number of fused-ring (bicyclic) bond motifs is 4. The van der Waals surface area contributed by atoms with E-state index in [1.54, 1.807) is 5.92 Å². The highest BCUT2D eigenvalue weighted by Gasteiger charge is 2.66. The van der Waals surface area contributed by atoms with Crippen molar-refractivity contribution in [2.75, 3.05) is 31.7 Å². The minimum absolute atomic E-state index is 0.0174. The number of halogens is 3. The maximum absolute atomic E-state index is 13.8. The van der Waals surface area contributed by atoms with Crippen LogP contribution in [-0.2, 0) is 14.3 Å². The number of nitrogens with zero attached hydrogens (tertiary/aromatic N) is 1. The molecule has 0 spiro atoms. The lowest BCUT2D eigenvalue weighted by molar-refractivity contribution is -0.137. The van der Waals surface area contributed by atoms with E-state index in [2.05, 4.69) is 42.0 Å². The van der Waals surface area contributed by atoms with Crippen LogP contribution in [0.5, 0.6) is 0 Å². The number of carbonyl (C=O) groups excluding carboxylic acids is 2. The Morgan fingerprint density at radius 1 is 1.12 bits per heavy atom. The molecule has 2 saturated carbocycles. The first-order valence-corrected chi connectivity index (χ1v) is 15.9. The molecule has 6 rings (SSSR count). The van der Waals surface area contributed by atoms with Gasteiger partial charge in [0.2, 0.25) is 0 Å². The first-order valence-electron chi connectivity index (χ1n) is 15.9. The lowest BCUT2D eigenvalue weighted by Crippen LogP contribution is -2.52. The second-order valence-electron chi connectivity index (χ2n) is 13.7. The molecule has 1 saturated heterocycles. The predicted octanol–water partition coefficient (Wildman–Crippen LogP) is 7.59. The van der Waals surface area contributed by atoms with Crippen LogP contribution >= 0.6 is 0 Å². The summed E-state index contributed by atoms with van der Waals surface area (Å²) in [6.45, 7) is 6.02. The molecule has 3 fully saturated rings. The fourth-order valence-corrected chi connectivity index (χ4v) is 9.51. The van der Waals surface area contributed by atoms with Crippen LogP contribution < -0.4 is 4.90 Å². The molecule has 2 unspecified atom stereocenters. The van der Waals surface area contributed by atoms with E-state index >= 15 is 0 Å². The van der Waals surface area contributed by atoms with Gasteiger partial charge in [0, 0.05) is 44.1 Å². The molecule has 5 aliphatic rings. The quantitative estimate of drug-likeness (QED) is 0.330. The summed E-state index contributed by atoms with van der Waals surface area (Å²) in [6, 6.07) is 8.74. The number of alkyl halides is 3. The number of piperidine rings is 1. The van der Waals surface area contributed by atoms with Gasteiger partial charge in [-0.05, 0) is 109 Å². The molecule has 0 aromatic heterocycles. The highest BCUT2D eigenvalue weighted by Crippen LogP contribution is 2.70. The Morgan fingerprint density at radius 2 is 1.84 bits per heavy atom. The van der Waals surface area contributed by atoms with Gasteiger partial charge in [0.25, 0.3) is 0 Å². The Kier molecular flexibility index (Phi) is 7.90. The molecule has 0 N–H and O–H groups in total. The molecular weight excluding hydrogens is 551 g/mol. The molecule has 7 heteroatoms. The second kappa shape index (κ2) is 11.3. The Morgan fingerprint density at radius 3 is 2.51 bits per heavy atom. The van der Waals surface area contributed by atoms with E-state index in [0.717, 1.165) is 30.6 Å². The van der Waals surface area contributed by atoms with Crippen molar-refractivity contribution < 1.29 is 27.5 Å². The SMILES string of the molecule is COCC(=O)[C@@]1(C#CC(F)(F)F)CC[C@H]2[C@@H]3CC(C)C4=CC(=O)CCC4=C3C(c3ccc(N4CCCCC4)cc3)C[C@@]21C. The average Bonchev–Trinajstić information content (AvgIpc) is 3.29. The third kappa shape index (κ3) is 5.18. The summed E-state index contributed by atoms with van der Waals surface area (Å²) < 4.78 is 46.0. The number of Topliss-reactive ketones (excluding diaryl/α,β-unsaturated/α-hetero) is 1. The molecule has 4 aliphatic carbocycles. The molecule has 1 heterocycles. The van der Waals surface area contributed by atoms with Gasteiger partial charge in [0.1, 0.15) is 6.61 Å². The fraction of sp³-hybridized carbons (Fsp3) is 0.611. The van der Waals surface area contributed by atoms with Crippen molar-refractivity contribution in [1.82, 2.24) is 0 Å². The highest BCUT2D eigenvalue weighted by molar-refractivity contribution is 5.93. The Labute approximate surface area is 253 Å². The third-order valence-electron chi connectivity index (χ3n) is 11.5. The summed E-state index contributed by atoms with van der Waals surface area (Å²) in [7, 11) is 1.41. The number of hydrogen-bond acceptors (Lipinski definition) is 4. The van der Waals surface area contributed by atoms with Gasteiger partial charge < -0.3 is 9.64 Å². The maximum atomic E-state index is 13.8. The van der Waals surface area contributed by atoms with Crippen molar-refractivity contribution >= 4 is 17.3 Å². The van der Waals surface area contributed by atoms with E-state index in [9.17, 15) is 22.8 Å². The van der Waals surface area contributed by atoms with Gasteiger partial charge in [0.05, 0.1) is 5.41 Å². The molecule has 0 amide bonds. The van der Waals surface area contributed by atoms with Crippen LogP contribution in [0.3, 0.4) is 0 Å². The van der Waals surface area contributed by atoms with Gasteiger partial charge in [0.15, 0.2) is 11.6 Å². The van der Waals surface area contributed by atoms with Crippen LogP contribution in [0.25, 0.3) is 0 Å². The number of ketones is 2. The van der Waals surface area contributed by atoms with Crippen molar-refractivity contribution in [2.24, 2.45) is 28.6 Å². The summed E-state index contributed by atoms with van der Waals surface area (Å²) in [5.74, 6) is 4.16. The molecule has 4 nitrogen and oxygen atoms in total. The summed E-state index contributed by atoms with van der Waals surface area (Å²) in [5.41, 5.74) is 3.88. The third-order valence-corrected chi connectivity index (χ3v) is 11.5. The zero-order valence-corrected chi connectivity index (χ0v) is 25.5. The van der Waals surface area contributed by atoms with Gasteiger partial charge in [-0.2, -0.15) is 13.2 Å². The van der Waals surface area contributed by atoms with E-state index in [4.69, 9.17) is 4.74 Å². The first kappa shape index (κ1) is 30.2. The van der Waals surface area contributed by atoms with Crippen LogP contribution in [0.4, 0.5) is 18.9 Å². The summed E-state index contributed by atoms with van der Waals surface area (Å²) in [5, 5.41) is 0. The molecule has 0 bridgehead atoms. The average molecular weight is 594 g/mol. The topological polar surface area (TPSA) is 46.6 Å². The minimum atomic E-state index is -4.69.